The van der Waals surface area contributed by atoms with Crippen LogP contribution in [0.3, 0.4) is 0 Å². The fraction of sp³-hybridized carbons (Fsp3) is 0.929. The average Bonchev–Trinajstić information content (AvgIpc) is 3.12. The molecule has 2 aliphatic rings. The minimum absolute atomic E-state index is 0.148. The lowest BCUT2D eigenvalue weighted by Crippen LogP contribution is -2.51. The summed E-state index contributed by atoms with van der Waals surface area (Å²) in [4.78, 5) is 16.7. The van der Waals surface area contributed by atoms with Crippen LogP contribution in [-0.4, -0.2) is 58.6 Å². The lowest BCUT2D eigenvalue weighted by atomic mass is 9.97. The van der Waals surface area contributed by atoms with Crippen LogP contribution in [0.5, 0.6) is 0 Å². The van der Waals surface area contributed by atoms with Gasteiger partial charge >= 0.3 is 0 Å². The van der Waals surface area contributed by atoms with Crippen LogP contribution < -0.4 is 0 Å². The van der Waals surface area contributed by atoms with Gasteiger partial charge in [0.25, 0.3) is 0 Å². The Morgan fingerprint density at radius 1 is 1.22 bits per heavy atom. The van der Waals surface area contributed by atoms with Gasteiger partial charge < -0.3 is 10.0 Å². The minimum Gasteiger partial charge on any atom is -0.395 e. The van der Waals surface area contributed by atoms with Crippen LogP contribution in [0, 0.1) is 0 Å². The lowest BCUT2D eigenvalue weighted by molar-refractivity contribution is -0.138. The largest absolute Gasteiger partial charge is 0.395 e. The molecule has 18 heavy (non-hydrogen) atoms. The fourth-order valence-corrected chi connectivity index (χ4v) is 3.13. The molecule has 1 N–H and O–H groups in total. The van der Waals surface area contributed by atoms with Crippen molar-refractivity contribution in [1.29, 1.82) is 0 Å². The number of carbonyl (C=O) groups is 1. The molecule has 1 aliphatic heterocycles. The highest BCUT2D eigenvalue weighted by atomic mass is 16.3. The molecule has 2 unspecified atom stereocenters. The summed E-state index contributed by atoms with van der Waals surface area (Å²) in [5.74, 6) is 0.245. The van der Waals surface area contributed by atoms with Gasteiger partial charge in [0.05, 0.1) is 13.2 Å². The van der Waals surface area contributed by atoms with Crippen molar-refractivity contribution in [3.8, 4) is 0 Å². The van der Waals surface area contributed by atoms with E-state index in [1.807, 2.05) is 0 Å². The van der Waals surface area contributed by atoms with Crippen LogP contribution >= 0.6 is 0 Å². The zero-order valence-corrected chi connectivity index (χ0v) is 11.6. The summed E-state index contributed by atoms with van der Waals surface area (Å²) in [6.45, 7) is 5.57. The number of amides is 1. The van der Waals surface area contributed by atoms with Gasteiger partial charge in [0, 0.05) is 24.7 Å². The molecule has 104 valence electrons. The van der Waals surface area contributed by atoms with Gasteiger partial charge in [0.15, 0.2) is 0 Å². The maximum Gasteiger partial charge on any atom is 0.237 e. The molecular weight excluding hydrogens is 228 g/mol. The van der Waals surface area contributed by atoms with E-state index < -0.39 is 0 Å². The van der Waals surface area contributed by atoms with Gasteiger partial charge in [-0.2, -0.15) is 0 Å². The highest BCUT2D eigenvalue weighted by molar-refractivity contribution is 5.79. The molecule has 0 spiro atoms. The third kappa shape index (κ3) is 3.23. The number of aliphatic hydroxyl groups excluding tert-OH is 1. The van der Waals surface area contributed by atoms with Crippen molar-refractivity contribution in [2.24, 2.45) is 0 Å². The summed E-state index contributed by atoms with van der Waals surface area (Å²) in [5.41, 5.74) is 0. The summed E-state index contributed by atoms with van der Waals surface area (Å²) >= 11 is 0. The Hall–Kier alpha value is -0.610. The van der Waals surface area contributed by atoms with Crippen molar-refractivity contribution in [2.45, 2.75) is 64.1 Å². The minimum atomic E-state index is 0.148. The second-order valence-electron chi connectivity index (χ2n) is 5.86. The smallest absolute Gasteiger partial charge is 0.237 e. The molecular formula is C14H26N2O2. The number of hydrogen-bond donors (Lipinski definition) is 1. The molecule has 4 heteroatoms. The van der Waals surface area contributed by atoms with E-state index in [1.54, 1.807) is 0 Å². The predicted octanol–water partition coefficient (Wildman–Crippen LogP) is 1.23. The van der Waals surface area contributed by atoms with Gasteiger partial charge in [0.2, 0.25) is 5.91 Å². The molecule has 4 nitrogen and oxygen atoms in total. The van der Waals surface area contributed by atoms with E-state index in [0.717, 1.165) is 12.8 Å². The third-order valence-electron chi connectivity index (χ3n) is 4.27. The Balaban J connectivity index is 1.92. The molecule has 1 amide bonds. The molecule has 0 aromatic carbocycles. The van der Waals surface area contributed by atoms with Crippen LogP contribution in [0.1, 0.15) is 46.0 Å². The van der Waals surface area contributed by atoms with E-state index in [4.69, 9.17) is 5.11 Å². The first-order valence-corrected chi connectivity index (χ1v) is 7.29. The van der Waals surface area contributed by atoms with Crippen LogP contribution in [-0.2, 0) is 4.79 Å². The monoisotopic (exact) mass is 254 g/mol. The van der Waals surface area contributed by atoms with Crippen molar-refractivity contribution in [3.63, 3.8) is 0 Å². The van der Waals surface area contributed by atoms with Gasteiger partial charge in [-0.05, 0) is 46.0 Å². The maximum atomic E-state index is 12.4. The van der Waals surface area contributed by atoms with Crippen LogP contribution in [0.15, 0.2) is 0 Å². The van der Waals surface area contributed by atoms with E-state index in [2.05, 4.69) is 23.6 Å². The molecule has 2 fully saturated rings. The zero-order valence-electron chi connectivity index (χ0n) is 11.6. The molecule has 0 aromatic heterocycles. The van der Waals surface area contributed by atoms with E-state index in [0.29, 0.717) is 31.2 Å². The van der Waals surface area contributed by atoms with E-state index in [9.17, 15) is 4.79 Å². The number of likely N-dealkylation sites (tertiary alicyclic amines) is 1. The Morgan fingerprint density at radius 2 is 1.83 bits per heavy atom. The Labute approximate surface area is 110 Å². The summed E-state index contributed by atoms with van der Waals surface area (Å²) in [6, 6.07) is 1.28. The van der Waals surface area contributed by atoms with Crippen molar-refractivity contribution in [1.82, 2.24) is 9.80 Å². The first-order chi connectivity index (χ1) is 8.63. The van der Waals surface area contributed by atoms with Gasteiger partial charge in [-0.25, -0.2) is 0 Å². The molecule has 0 bridgehead atoms. The number of hydrogen-bond acceptors (Lipinski definition) is 3. The number of nitrogens with zero attached hydrogens (tertiary/aromatic N) is 2. The van der Waals surface area contributed by atoms with Crippen molar-refractivity contribution < 1.29 is 9.90 Å². The summed E-state index contributed by atoms with van der Waals surface area (Å²) in [6.07, 6.45) is 5.84. The predicted molar refractivity (Wildman–Crippen MR) is 71.3 cm³/mol. The molecule has 0 radical (unpaired) electrons. The first-order valence-electron chi connectivity index (χ1n) is 7.29. The van der Waals surface area contributed by atoms with Crippen molar-refractivity contribution >= 4 is 5.91 Å². The van der Waals surface area contributed by atoms with Crippen molar-refractivity contribution in [3.05, 3.63) is 0 Å². The molecule has 2 rings (SSSR count). The highest BCUT2D eigenvalue weighted by Crippen LogP contribution is 2.28. The van der Waals surface area contributed by atoms with Gasteiger partial charge in [-0.3, -0.25) is 9.69 Å². The molecule has 1 aliphatic carbocycles. The Morgan fingerprint density at radius 3 is 2.33 bits per heavy atom. The molecule has 1 saturated carbocycles. The standard InChI is InChI=1S/C14H26N2O2/c1-11-4-3-5-12(2)16(11)14(18)10-15(8-9-17)13-6-7-13/h11-13,17H,3-10H2,1-2H3. The second kappa shape index (κ2) is 6.02. The quantitative estimate of drug-likeness (QED) is 0.802. The average molecular weight is 254 g/mol. The van der Waals surface area contributed by atoms with E-state index in [-0.39, 0.29) is 12.5 Å². The van der Waals surface area contributed by atoms with Crippen LogP contribution in [0.2, 0.25) is 0 Å². The maximum absolute atomic E-state index is 12.4. The van der Waals surface area contributed by atoms with Gasteiger partial charge in [-0.1, -0.05) is 0 Å². The molecule has 2 atom stereocenters. The normalized spacial score (nSPS) is 28.8. The van der Waals surface area contributed by atoms with Crippen LogP contribution in [0.25, 0.3) is 0 Å². The summed E-state index contributed by atoms with van der Waals surface area (Å²) < 4.78 is 0. The Bertz CT molecular complexity index is 282. The first kappa shape index (κ1) is 13.8. The SMILES string of the molecule is CC1CCCC(C)N1C(=O)CN(CCO)C1CC1. The fourth-order valence-electron chi connectivity index (χ4n) is 3.13. The van der Waals surface area contributed by atoms with Crippen molar-refractivity contribution in [2.75, 3.05) is 19.7 Å². The van der Waals surface area contributed by atoms with Crippen LogP contribution in [0.4, 0.5) is 0 Å². The highest BCUT2D eigenvalue weighted by Gasteiger charge is 2.34. The molecule has 1 saturated heterocycles. The lowest BCUT2D eigenvalue weighted by Gasteiger charge is -2.40. The van der Waals surface area contributed by atoms with E-state index >= 15 is 0 Å². The van der Waals surface area contributed by atoms with E-state index in [1.165, 1.54) is 19.3 Å². The summed E-state index contributed by atoms with van der Waals surface area (Å²) in [5, 5.41) is 9.07. The Kier molecular flexibility index (Phi) is 4.62. The number of aliphatic hydroxyl groups is 1. The molecule has 0 aromatic rings. The summed E-state index contributed by atoms with van der Waals surface area (Å²) in [7, 11) is 0. The number of rotatable bonds is 5. The third-order valence-corrected chi connectivity index (χ3v) is 4.27. The topological polar surface area (TPSA) is 43.8 Å². The second-order valence-corrected chi connectivity index (χ2v) is 5.86. The molecule has 1 heterocycles. The zero-order chi connectivity index (χ0) is 13.1. The van der Waals surface area contributed by atoms with Gasteiger partial charge in [0.1, 0.15) is 0 Å². The number of piperidine rings is 1. The number of carbonyl (C=O) groups excluding carboxylic acids is 1. The van der Waals surface area contributed by atoms with Gasteiger partial charge in [-0.15, -0.1) is 0 Å².